The molecule has 1 atom stereocenters. The Bertz CT molecular complexity index is 546. The molecule has 0 aliphatic carbocycles. The lowest BCUT2D eigenvalue weighted by Gasteiger charge is -2.35. The summed E-state index contributed by atoms with van der Waals surface area (Å²) in [6, 6.07) is 7.17. The summed E-state index contributed by atoms with van der Waals surface area (Å²) < 4.78 is 10.8. The molecule has 1 aromatic carbocycles. The highest BCUT2D eigenvalue weighted by atomic mass is 16.5. The molecule has 1 aliphatic heterocycles. The number of carboxylic acid groups (broad SMARTS) is 1. The molecule has 1 aliphatic rings. The van der Waals surface area contributed by atoms with Crippen molar-refractivity contribution in [1.29, 1.82) is 0 Å². The number of hydrogen-bond acceptors (Lipinski definition) is 4. The molecule has 1 fully saturated rings. The molecule has 0 bridgehead atoms. The van der Waals surface area contributed by atoms with Crippen molar-refractivity contribution in [3.05, 3.63) is 24.3 Å². The second-order valence-electron chi connectivity index (χ2n) is 5.61. The third-order valence-corrected chi connectivity index (χ3v) is 4.06. The number of carbonyl (C=O) groups excluding carboxylic acids is 1. The highest BCUT2D eigenvalue weighted by Crippen LogP contribution is 2.26. The van der Waals surface area contributed by atoms with Crippen LogP contribution in [0, 0.1) is 0 Å². The lowest BCUT2D eigenvalue weighted by molar-refractivity contribution is -0.141. The maximum absolute atomic E-state index is 12.4. The maximum atomic E-state index is 12.4. The first kappa shape index (κ1) is 17.1. The van der Waals surface area contributed by atoms with Crippen LogP contribution in [-0.4, -0.2) is 48.2 Å². The Morgan fingerprint density at radius 1 is 1.26 bits per heavy atom. The molecule has 6 heteroatoms. The first-order valence-corrected chi connectivity index (χ1v) is 7.89. The number of aliphatic carboxylic acids is 1. The van der Waals surface area contributed by atoms with Gasteiger partial charge >= 0.3 is 5.97 Å². The van der Waals surface area contributed by atoms with Gasteiger partial charge in [-0.25, -0.2) is 0 Å². The van der Waals surface area contributed by atoms with Crippen LogP contribution in [0.25, 0.3) is 0 Å². The lowest BCUT2D eigenvalue weighted by Crippen LogP contribution is -2.46. The van der Waals surface area contributed by atoms with Crippen molar-refractivity contribution >= 4 is 11.9 Å². The number of piperidine rings is 1. The van der Waals surface area contributed by atoms with Gasteiger partial charge in [0, 0.05) is 19.0 Å². The quantitative estimate of drug-likeness (QED) is 0.834. The number of carbonyl (C=O) groups is 2. The van der Waals surface area contributed by atoms with Gasteiger partial charge in [-0.2, -0.15) is 0 Å². The van der Waals surface area contributed by atoms with E-state index in [0.29, 0.717) is 24.5 Å². The number of likely N-dealkylation sites (tertiary alicyclic amines) is 1. The van der Waals surface area contributed by atoms with E-state index in [0.717, 1.165) is 19.3 Å². The predicted octanol–water partition coefficient (Wildman–Crippen LogP) is 2.32. The molecule has 126 valence electrons. The molecule has 2 rings (SSSR count). The fourth-order valence-electron chi connectivity index (χ4n) is 2.88. The van der Waals surface area contributed by atoms with E-state index in [2.05, 4.69) is 0 Å². The summed E-state index contributed by atoms with van der Waals surface area (Å²) in [6.45, 7) is 0.600. The zero-order chi connectivity index (χ0) is 16.7. The number of amides is 1. The van der Waals surface area contributed by atoms with E-state index < -0.39 is 5.97 Å². The van der Waals surface area contributed by atoms with E-state index in [1.165, 1.54) is 0 Å². The van der Waals surface area contributed by atoms with E-state index in [1.807, 2.05) is 12.1 Å². The fourth-order valence-corrected chi connectivity index (χ4v) is 2.88. The molecule has 1 heterocycles. The Morgan fingerprint density at radius 3 is 2.70 bits per heavy atom. The van der Waals surface area contributed by atoms with E-state index in [4.69, 9.17) is 14.6 Å². The summed E-state index contributed by atoms with van der Waals surface area (Å²) in [5.74, 6) is 0.183. The van der Waals surface area contributed by atoms with Crippen molar-refractivity contribution in [1.82, 2.24) is 4.90 Å². The van der Waals surface area contributed by atoms with Gasteiger partial charge in [0.15, 0.2) is 18.1 Å². The third-order valence-electron chi connectivity index (χ3n) is 4.06. The molecular weight excluding hydrogens is 298 g/mol. The Labute approximate surface area is 136 Å². The molecule has 0 unspecified atom stereocenters. The first-order valence-electron chi connectivity index (χ1n) is 7.89. The normalized spacial score (nSPS) is 17.6. The molecule has 1 aromatic rings. The van der Waals surface area contributed by atoms with Crippen LogP contribution in [0.5, 0.6) is 11.5 Å². The summed E-state index contributed by atoms with van der Waals surface area (Å²) in [4.78, 5) is 25.0. The van der Waals surface area contributed by atoms with Crippen LogP contribution in [0.2, 0.25) is 0 Å². The van der Waals surface area contributed by atoms with Gasteiger partial charge in [-0.05, 0) is 37.8 Å². The van der Waals surface area contributed by atoms with E-state index in [1.54, 1.807) is 24.1 Å². The van der Waals surface area contributed by atoms with Crippen LogP contribution in [0.1, 0.15) is 32.1 Å². The van der Waals surface area contributed by atoms with Crippen molar-refractivity contribution in [3.8, 4) is 11.5 Å². The lowest BCUT2D eigenvalue weighted by atomic mass is 9.98. The number of hydrogen-bond donors (Lipinski definition) is 1. The monoisotopic (exact) mass is 321 g/mol. The highest BCUT2D eigenvalue weighted by molar-refractivity contribution is 5.78. The molecular formula is C17H23NO5. The minimum Gasteiger partial charge on any atom is -0.493 e. The summed E-state index contributed by atoms with van der Waals surface area (Å²) in [5, 5.41) is 8.84. The van der Waals surface area contributed by atoms with Gasteiger partial charge in [0.25, 0.3) is 5.91 Å². The maximum Gasteiger partial charge on any atom is 0.303 e. The standard InChI is InChI=1S/C17H23NO5/c1-22-14-7-2-3-8-15(14)23-12-16(19)18-11-5-4-6-13(18)9-10-17(20)21/h2-3,7-8,13H,4-6,9-12H2,1H3,(H,20,21)/t13-/m1/s1. The second kappa shape index (κ2) is 8.41. The zero-order valence-corrected chi connectivity index (χ0v) is 13.4. The van der Waals surface area contributed by atoms with Gasteiger partial charge in [-0.1, -0.05) is 12.1 Å². The minimum absolute atomic E-state index is 0.00591. The van der Waals surface area contributed by atoms with Crippen molar-refractivity contribution in [2.45, 2.75) is 38.1 Å². The summed E-state index contributed by atoms with van der Waals surface area (Å²) in [5.41, 5.74) is 0. The minimum atomic E-state index is -0.826. The van der Waals surface area contributed by atoms with Gasteiger partial charge in [-0.15, -0.1) is 0 Å². The smallest absolute Gasteiger partial charge is 0.303 e. The topological polar surface area (TPSA) is 76.1 Å². The molecule has 0 radical (unpaired) electrons. The Balaban J connectivity index is 1.93. The van der Waals surface area contributed by atoms with Crippen LogP contribution in [0.15, 0.2) is 24.3 Å². The molecule has 1 amide bonds. The SMILES string of the molecule is COc1ccccc1OCC(=O)N1CCCC[C@@H]1CCC(=O)O. The van der Waals surface area contributed by atoms with Gasteiger partial charge in [0.05, 0.1) is 7.11 Å². The van der Waals surface area contributed by atoms with E-state index >= 15 is 0 Å². The molecule has 0 spiro atoms. The molecule has 1 saturated heterocycles. The van der Waals surface area contributed by atoms with Crippen molar-refractivity contribution in [3.63, 3.8) is 0 Å². The molecule has 1 N–H and O–H groups in total. The number of nitrogens with zero attached hydrogens (tertiary/aromatic N) is 1. The number of para-hydroxylation sites is 2. The number of ether oxygens (including phenoxy) is 2. The van der Waals surface area contributed by atoms with Gasteiger partial charge < -0.3 is 19.5 Å². The Morgan fingerprint density at radius 2 is 2.00 bits per heavy atom. The predicted molar refractivity (Wildman–Crippen MR) is 84.7 cm³/mol. The van der Waals surface area contributed by atoms with E-state index in [-0.39, 0.29) is 25.0 Å². The molecule has 0 aromatic heterocycles. The average molecular weight is 321 g/mol. The number of methoxy groups -OCH3 is 1. The highest BCUT2D eigenvalue weighted by Gasteiger charge is 2.27. The Kier molecular flexibility index (Phi) is 6.26. The van der Waals surface area contributed by atoms with Crippen LogP contribution in [-0.2, 0) is 9.59 Å². The number of rotatable bonds is 7. The van der Waals surface area contributed by atoms with Crippen LogP contribution in [0.4, 0.5) is 0 Å². The van der Waals surface area contributed by atoms with Gasteiger partial charge in [0.2, 0.25) is 0 Å². The average Bonchev–Trinajstić information content (AvgIpc) is 2.58. The molecule has 0 saturated carbocycles. The zero-order valence-electron chi connectivity index (χ0n) is 13.4. The van der Waals surface area contributed by atoms with Crippen molar-refractivity contribution in [2.75, 3.05) is 20.3 Å². The van der Waals surface area contributed by atoms with Crippen LogP contribution in [0.3, 0.4) is 0 Å². The second-order valence-corrected chi connectivity index (χ2v) is 5.61. The summed E-state index contributed by atoms with van der Waals surface area (Å²) in [7, 11) is 1.55. The first-order chi connectivity index (χ1) is 11.1. The summed E-state index contributed by atoms with van der Waals surface area (Å²) in [6.07, 6.45) is 3.41. The molecule has 23 heavy (non-hydrogen) atoms. The third kappa shape index (κ3) is 4.87. The van der Waals surface area contributed by atoms with Gasteiger partial charge in [-0.3, -0.25) is 9.59 Å². The molecule has 6 nitrogen and oxygen atoms in total. The van der Waals surface area contributed by atoms with Gasteiger partial charge in [0.1, 0.15) is 0 Å². The van der Waals surface area contributed by atoms with Crippen molar-refractivity contribution in [2.24, 2.45) is 0 Å². The summed E-state index contributed by atoms with van der Waals surface area (Å²) >= 11 is 0. The van der Waals surface area contributed by atoms with Crippen molar-refractivity contribution < 1.29 is 24.2 Å². The largest absolute Gasteiger partial charge is 0.493 e. The fraction of sp³-hybridized carbons (Fsp3) is 0.529. The van der Waals surface area contributed by atoms with Crippen LogP contribution < -0.4 is 9.47 Å². The number of carboxylic acids is 1. The van der Waals surface area contributed by atoms with E-state index in [9.17, 15) is 9.59 Å². The Hall–Kier alpha value is -2.24. The van der Waals surface area contributed by atoms with Crippen LogP contribution >= 0.6 is 0 Å². The number of benzene rings is 1.